The van der Waals surface area contributed by atoms with Crippen molar-refractivity contribution in [1.82, 2.24) is 4.90 Å². The Balaban J connectivity index is 1.53. The first-order chi connectivity index (χ1) is 17.3. The molecule has 1 saturated heterocycles. The van der Waals surface area contributed by atoms with E-state index in [-0.39, 0.29) is 18.0 Å². The highest BCUT2D eigenvalue weighted by Gasteiger charge is 2.56. The number of carbonyl (C=O) groups is 4. The maximum atomic E-state index is 13.0. The standard InChI is InChI=1S/C24H28N2O10S/c1-13-11-37-20-17(14(2)36-23(30)33-10-15-6-8-16(9-7-15)26(31)32)19(27)25(20)18(13)21(28)34-12-35-22(29)24(3,4)5/h6-9,14,17,20H,10-12H2,1-5H3/t14?,17-,20-/m0/s1. The number of carbonyl (C=O) groups excluding carboxylic acids is 4. The van der Waals surface area contributed by atoms with Crippen molar-refractivity contribution in [3.8, 4) is 0 Å². The summed E-state index contributed by atoms with van der Waals surface area (Å²) < 4.78 is 20.4. The molecule has 200 valence electrons. The predicted molar refractivity (Wildman–Crippen MR) is 130 cm³/mol. The summed E-state index contributed by atoms with van der Waals surface area (Å²) in [4.78, 5) is 61.2. The van der Waals surface area contributed by atoms with E-state index in [0.29, 0.717) is 16.9 Å². The molecule has 13 heteroatoms. The van der Waals surface area contributed by atoms with Crippen LogP contribution in [0.4, 0.5) is 10.5 Å². The van der Waals surface area contributed by atoms with Crippen LogP contribution in [0.2, 0.25) is 0 Å². The highest BCUT2D eigenvalue weighted by molar-refractivity contribution is 8.00. The molecule has 2 aliphatic heterocycles. The van der Waals surface area contributed by atoms with Gasteiger partial charge in [-0.05, 0) is 57.9 Å². The molecule has 0 radical (unpaired) electrons. The van der Waals surface area contributed by atoms with Crippen LogP contribution in [0.5, 0.6) is 0 Å². The Labute approximate surface area is 217 Å². The molecule has 2 aliphatic rings. The number of β-lactam (4-membered cyclic amide) rings is 1. The van der Waals surface area contributed by atoms with Crippen LogP contribution in [-0.2, 0) is 39.9 Å². The lowest BCUT2D eigenvalue weighted by Crippen LogP contribution is -2.64. The Hall–Kier alpha value is -3.61. The number of nitro groups is 1. The van der Waals surface area contributed by atoms with E-state index in [1.165, 1.54) is 40.9 Å². The van der Waals surface area contributed by atoms with Crippen LogP contribution in [0.3, 0.4) is 0 Å². The quantitative estimate of drug-likeness (QED) is 0.158. The van der Waals surface area contributed by atoms with Crippen LogP contribution in [-0.4, -0.2) is 57.8 Å². The fraction of sp³-hybridized carbons (Fsp3) is 0.500. The second kappa shape index (κ2) is 11.2. The number of benzene rings is 1. The van der Waals surface area contributed by atoms with Crippen LogP contribution in [0.25, 0.3) is 0 Å². The lowest BCUT2D eigenvalue weighted by atomic mass is 9.91. The fourth-order valence-corrected chi connectivity index (χ4v) is 5.09. The van der Waals surface area contributed by atoms with E-state index in [2.05, 4.69) is 0 Å². The summed E-state index contributed by atoms with van der Waals surface area (Å²) in [5.41, 5.74) is 0.409. The third-order valence-corrected chi connectivity index (χ3v) is 7.12. The van der Waals surface area contributed by atoms with E-state index in [4.69, 9.17) is 18.9 Å². The van der Waals surface area contributed by atoms with Crippen LogP contribution in [0.1, 0.15) is 40.2 Å². The largest absolute Gasteiger partial charge is 0.508 e. The number of nitro benzene ring substituents is 1. The van der Waals surface area contributed by atoms with E-state index in [1.54, 1.807) is 34.6 Å². The Bertz CT molecular complexity index is 1130. The minimum atomic E-state index is -0.995. The van der Waals surface area contributed by atoms with Gasteiger partial charge < -0.3 is 18.9 Å². The molecule has 0 bridgehead atoms. The van der Waals surface area contributed by atoms with Gasteiger partial charge in [-0.25, -0.2) is 9.59 Å². The van der Waals surface area contributed by atoms with Crippen molar-refractivity contribution in [3.05, 3.63) is 51.2 Å². The Morgan fingerprint density at radius 2 is 1.81 bits per heavy atom. The summed E-state index contributed by atoms with van der Waals surface area (Å²) in [6.45, 7) is 7.53. The molecule has 1 amide bonds. The molecule has 37 heavy (non-hydrogen) atoms. The SMILES string of the molecule is CC1=C(C(=O)OCOC(=O)C(C)(C)C)N2C(=O)[C@H](C(C)OC(=O)OCc3ccc([N+](=O)[O-])cc3)[C@@H]2SC1. The molecule has 1 aromatic rings. The highest BCUT2D eigenvalue weighted by Crippen LogP contribution is 2.45. The summed E-state index contributed by atoms with van der Waals surface area (Å²) >= 11 is 1.42. The van der Waals surface area contributed by atoms with Gasteiger partial charge in [0.1, 0.15) is 24.3 Å². The van der Waals surface area contributed by atoms with Gasteiger partial charge in [-0.2, -0.15) is 0 Å². The molecule has 0 N–H and O–H groups in total. The summed E-state index contributed by atoms with van der Waals surface area (Å²) in [7, 11) is 0. The van der Waals surface area contributed by atoms with E-state index in [1.807, 2.05) is 0 Å². The van der Waals surface area contributed by atoms with Gasteiger partial charge in [0.2, 0.25) is 12.7 Å². The second-order valence-electron chi connectivity index (χ2n) is 9.58. The number of hydrogen-bond donors (Lipinski definition) is 0. The summed E-state index contributed by atoms with van der Waals surface area (Å²) in [6.07, 6.45) is -1.83. The van der Waals surface area contributed by atoms with Gasteiger partial charge in [-0.1, -0.05) is 0 Å². The number of esters is 2. The first-order valence-electron chi connectivity index (χ1n) is 11.4. The lowest BCUT2D eigenvalue weighted by Gasteiger charge is -2.50. The molecular weight excluding hydrogens is 508 g/mol. The first-order valence-corrected chi connectivity index (χ1v) is 12.4. The number of hydrogen-bond acceptors (Lipinski definition) is 11. The molecule has 1 fully saturated rings. The molecule has 12 nitrogen and oxygen atoms in total. The van der Waals surface area contributed by atoms with Crippen molar-refractivity contribution >= 4 is 41.5 Å². The summed E-state index contributed by atoms with van der Waals surface area (Å²) in [5.74, 6) is -1.98. The van der Waals surface area contributed by atoms with Gasteiger partial charge in [-0.3, -0.25) is 24.6 Å². The van der Waals surface area contributed by atoms with E-state index >= 15 is 0 Å². The third-order valence-electron chi connectivity index (χ3n) is 5.68. The first kappa shape index (κ1) is 28.0. The maximum Gasteiger partial charge on any atom is 0.508 e. The average molecular weight is 537 g/mol. The summed E-state index contributed by atoms with van der Waals surface area (Å²) in [6, 6.07) is 5.50. The molecule has 0 spiro atoms. The average Bonchev–Trinajstić information content (AvgIpc) is 2.82. The van der Waals surface area contributed by atoms with Crippen LogP contribution in [0.15, 0.2) is 35.5 Å². The monoisotopic (exact) mass is 536 g/mol. The number of amides is 1. The second-order valence-corrected chi connectivity index (χ2v) is 10.7. The van der Waals surface area contributed by atoms with E-state index in [0.717, 1.165) is 0 Å². The molecule has 0 aromatic heterocycles. The van der Waals surface area contributed by atoms with Gasteiger partial charge in [0.25, 0.3) is 5.69 Å². The van der Waals surface area contributed by atoms with Crippen molar-refractivity contribution in [3.63, 3.8) is 0 Å². The van der Waals surface area contributed by atoms with Crippen LogP contribution < -0.4 is 0 Å². The minimum absolute atomic E-state index is 0.0866. The number of ether oxygens (including phenoxy) is 4. The number of rotatable bonds is 8. The normalized spacial score (nSPS) is 19.8. The number of thioether (sulfide) groups is 1. The molecule has 1 unspecified atom stereocenters. The van der Waals surface area contributed by atoms with Gasteiger partial charge in [-0.15, -0.1) is 11.8 Å². The van der Waals surface area contributed by atoms with E-state index in [9.17, 15) is 29.3 Å². The van der Waals surface area contributed by atoms with Crippen molar-refractivity contribution in [2.24, 2.45) is 11.3 Å². The molecule has 0 aliphatic carbocycles. The van der Waals surface area contributed by atoms with Crippen LogP contribution >= 0.6 is 11.8 Å². The molecule has 3 atom stereocenters. The Kier molecular flexibility index (Phi) is 8.46. The van der Waals surface area contributed by atoms with E-state index < -0.39 is 58.5 Å². The summed E-state index contributed by atoms with van der Waals surface area (Å²) in [5, 5.41) is 10.3. The van der Waals surface area contributed by atoms with Gasteiger partial charge >= 0.3 is 18.1 Å². The zero-order valence-electron chi connectivity index (χ0n) is 21.0. The van der Waals surface area contributed by atoms with Gasteiger partial charge in [0.15, 0.2) is 0 Å². The smallest absolute Gasteiger partial charge is 0.430 e. The molecule has 2 heterocycles. The predicted octanol–water partition coefficient (Wildman–Crippen LogP) is 3.53. The highest BCUT2D eigenvalue weighted by atomic mass is 32.2. The molecule has 3 rings (SSSR count). The number of fused-ring (bicyclic) bond motifs is 1. The van der Waals surface area contributed by atoms with Crippen LogP contribution in [0, 0.1) is 21.4 Å². The third kappa shape index (κ3) is 6.40. The number of non-ortho nitro benzene ring substituents is 1. The Morgan fingerprint density at radius 1 is 1.16 bits per heavy atom. The van der Waals surface area contributed by atoms with Crippen molar-refractivity contribution in [2.45, 2.75) is 52.7 Å². The molecule has 1 aromatic carbocycles. The van der Waals surface area contributed by atoms with Gasteiger partial charge in [0.05, 0.1) is 15.7 Å². The topological polar surface area (TPSA) is 152 Å². The number of nitrogens with zero attached hydrogens (tertiary/aromatic N) is 2. The zero-order chi connectivity index (χ0) is 27.5. The molecular formula is C24H28N2O10S. The zero-order valence-corrected chi connectivity index (χ0v) is 21.9. The van der Waals surface area contributed by atoms with Gasteiger partial charge in [0, 0.05) is 17.9 Å². The maximum absolute atomic E-state index is 13.0. The fourth-order valence-electron chi connectivity index (χ4n) is 3.63. The lowest BCUT2D eigenvalue weighted by molar-refractivity contribution is -0.384. The van der Waals surface area contributed by atoms with Crippen molar-refractivity contribution < 1.29 is 43.0 Å². The van der Waals surface area contributed by atoms with Crippen molar-refractivity contribution in [2.75, 3.05) is 12.5 Å². The Morgan fingerprint density at radius 3 is 2.41 bits per heavy atom. The minimum Gasteiger partial charge on any atom is -0.430 e. The molecule has 0 saturated carbocycles. The van der Waals surface area contributed by atoms with Crippen molar-refractivity contribution in [1.29, 1.82) is 0 Å².